The second-order valence-electron chi connectivity index (χ2n) is 9.58. The second-order valence-corrected chi connectivity index (χ2v) is 10.0. The molecular weight excluding hydrogens is 432 g/mol. The van der Waals surface area contributed by atoms with Gasteiger partial charge in [0.25, 0.3) is 0 Å². The second kappa shape index (κ2) is 8.27. The van der Waals surface area contributed by atoms with Gasteiger partial charge in [-0.1, -0.05) is 55.8 Å². The molecule has 2 N–H and O–H groups in total. The van der Waals surface area contributed by atoms with Crippen molar-refractivity contribution in [1.29, 1.82) is 0 Å². The van der Waals surface area contributed by atoms with E-state index >= 15 is 0 Å². The number of halogens is 1. The van der Waals surface area contributed by atoms with E-state index in [2.05, 4.69) is 54.8 Å². The third-order valence-corrected chi connectivity index (χ3v) is 6.69. The van der Waals surface area contributed by atoms with Crippen LogP contribution in [-0.2, 0) is 4.79 Å². The molecule has 1 aliphatic heterocycles. The van der Waals surface area contributed by atoms with Crippen molar-refractivity contribution >= 4 is 28.8 Å². The van der Waals surface area contributed by atoms with E-state index in [1.54, 1.807) is 7.11 Å². The fourth-order valence-electron chi connectivity index (χ4n) is 4.81. The van der Waals surface area contributed by atoms with Crippen LogP contribution in [0.4, 0.5) is 11.4 Å². The number of benzene rings is 3. The molecule has 33 heavy (non-hydrogen) atoms. The highest BCUT2D eigenvalue weighted by molar-refractivity contribution is 6.30. The Bertz CT molecular complexity index is 1240. The number of carbonyl (C=O) groups is 1. The number of ether oxygens (including phenoxy) is 1. The van der Waals surface area contributed by atoms with E-state index in [1.807, 2.05) is 36.4 Å². The normalized spacial score (nSPS) is 19.0. The molecular formula is C28H27ClN2O2. The number of Topliss-reactive ketones (excluding diaryl/α,β-unsaturated/α-hetero) is 1. The van der Waals surface area contributed by atoms with Gasteiger partial charge in [-0.15, -0.1) is 0 Å². The number of fused-ring (bicyclic) bond motifs is 1. The molecule has 1 aliphatic carbocycles. The maximum absolute atomic E-state index is 13.4. The Morgan fingerprint density at radius 1 is 0.909 bits per heavy atom. The van der Waals surface area contributed by atoms with Crippen molar-refractivity contribution < 1.29 is 9.53 Å². The van der Waals surface area contributed by atoms with E-state index in [4.69, 9.17) is 16.3 Å². The Morgan fingerprint density at radius 2 is 1.61 bits per heavy atom. The molecule has 3 aromatic carbocycles. The van der Waals surface area contributed by atoms with Gasteiger partial charge in [0, 0.05) is 22.7 Å². The Balaban J connectivity index is 1.60. The lowest BCUT2D eigenvalue weighted by molar-refractivity contribution is -0.118. The fourth-order valence-corrected chi connectivity index (χ4v) is 4.94. The van der Waals surface area contributed by atoms with Crippen LogP contribution < -0.4 is 15.4 Å². The van der Waals surface area contributed by atoms with Crippen LogP contribution in [0.3, 0.4) is 0 Å². The molecule has 0 saturated carbocycles. The summed E-state index contributed by atoms with van der Waals surface area (Å²) in [4.78, 5) is 13.4. The van der Waals surface area contributed by atoms with Gasteiger partial charge in [0.15, 0.2) is 5.78 Å². The number of allylic oxidation sites excluding steroid dienone is 1. The highest BCUT2D eigenvalue weighted by atomic mass is 35.5. The largest absolute Gasteiger partial charge is 0.497 e. The van der Waals surface area contributed by atoms with Gasteiger partial charge in [-0.25, -0.2) is 0 Å². The molecule has 5 rings (SSSR count). The summed E-state index contributed by atoms with van der Waals surface area (Å²) in [5.41, 5.74) is 6.88. The first-order chi connectivity index (χ1) is 15.8. The zero-order chi connectivity index (χ0) is 23.2. The molecule has 0 amide bonds. The SMILES string of the molecule is COc1ccc(-c2ccc3c(c2)NC(c2ccc(Cl)cc2)C2=C(CC(C)(C)CC2=O)N3)cc1. The molecule has 168 valence electrons. The van der Waals surface area contributed by atoms with Gasteiger partial charge in [-0.05, 0) is 64.9 Å². The van der Waals surface area contributed by atoms with Gasteiger partial charge in [0.05, 0.1) is 24.5 Å². The minimum atomic E-state index is -0.249. The molecule has 0 bridgehead atoms. The molecule has 0 saturated heterocycles. The first-order valence-electron chi connectivity index (χ1n) is 11.2. The number of carbonyl (C=O) groups excluding carboxylic acids is 1. The van der Waals surface area contributed by atoms with Crippen molar-refractivity contribution in [3.63, 3.8) is 0 Å². The molecule has 1 unspecified atom stereocenters. The summed E-state index contributed by atoms with van der Waals surface area (Å²) in [6.07, 6.45) is 1.35. The summed E-state index contributed by atoms with van der Waals surface area (Å²) in [5.74, 6) is 1.01. The number of hydrogen-bond donors (Lipinski definition) is 2. The van der Waals surface area contributed by atoms with E-state index in [-0.39, 0.29) is 17.2 Å². The highest BCUT2D eigenvalue weighted by Gasteiger charge is 2.38. The zero-order valence-electron chi connectivity index (χ0n) is 19.0. The van der Waals surface area contributed by atoms with Gasteiger partial charge < -0.3 is 15.4 Å². The van der Waals surface area contributed by atoms with Crippen LogP contribution in [0, 0.1) is 5.41 Å². The molecule has 2 aliphatic rings. The van der Waals surface area contributed by atoms with Gasteiger partial charge in [-0.2, -0.15) is 0 Å². The maximum Gasteiger partial charge on any atom is 0.163 e. The monoisotopic (exact) mass is 458 g/mol. The Morgan fingerprint density at radius 3 is 2.30 bits per heavy atom. The third-order valence-electron chi connectivity index (χ3n) is 6.44. The summed E-state index contributed by atoms with van der Waals surface area (Å²) in [5, 5.41) is 7.96. The van der Waals surface area contributed by atoms with Crippen molar-refractivity contribution in [2.24, 2.45) is 5.41 Å². The minimum Gasteiger partial charge on any atom is -0.497 e. The zero-order valence-corrected chi connectivity index (χ0v) is 19.8. The van der Waals surface area contributed by atoms with Crippen LogP contribution in [-0.4, -0.2) is 12.9 Å². The molecule has 3 aromatic rings. The highest BCUT2D eigenvalue weighted by Crippen LogP contribution is 2.46. The summed E-state index contributed by atoms with van der Waals surface area (Å²) in [7, 11) is 1.67. The number of rotatable bonds is 3. The van der Waals surface area contributed by atoms with Crippen LogP contribution in [0.25, 0.3) is 11.1 Å². The van der Waals surface area contributed by atoms with Crippen LogP contribution >= 0.6 is 11.6 Å². The maximum atomic E-state index is 13.4. The van der Waals surface area contributed by atoms with E-state index in [0.717, 1.165) is 51.5 Å². The first kappa shape index (κ1) is 21.6. The molecule has 4 nitrogen and oxygen atoms in total. The van der Waals surface area contributed by atoms with E-state index in [9.17, 15) is 4.79 Å². The molecule has 0 aromatic heterocycles. The lowest BCUT2D eigenvalue weighted by Gasteiger charge is -2.34. The third kappa shape index (κ3) is 4.23. The van der Waals surface area contributed by atoms with E-state index in [1.165, 1.54) is 0 Å². The number of nitrogens with one attached hydrogen (secondary N) is 2. The van der Waals surface area contributed by atoms with Crippen molar-refractivity contribution in [3.8, 4) is 16.9 Å². The summed E-state index contributed by atoms with van der Waals surface area (Å²) in [6.45, 7) is 4.30. The Kier molecular flexibility index (Phi) is 5.41. The van der Waals surface area contributed by atoms with Crippen molar-refractivity contribution in [2.45, 2.75) is 32.7 Å². The molecule has 0 fully saturated rings. The van der Waals surface area contributed by atoms with Crippen molar-refractivity contribution in [2.75, 3.05) is 17.7 Å². The van der Waals surface area contributed by atoms with Gasteiger partial charge in [0.1, 0.15) is 5.75 Å². The van der Waals surface area contributed by atoms with Gasteiger partial charge >= 0.3 is 0 Å². The molecule has 1 atom stereocenters. The van der Waals surface area contributed by atoms with Crippen molar-refractivity contribution in [3.05, 3.63) is 88.6 Å². The van der Waals surface area contributed by atoms with Crippen LogP contribution in [0.15, 0.2) is 78.0 Å². The van der Waals surface area contributed by atoms with Crippen LogP contribution in [0.1, 0.15) is 38.3 Å². The summed E-state index contributed by atoms with van der Waals surface area (Å²) < 4.78 is 5.30. The van der Waals surface area contributed by atoms with Crippen LogP contribution in [0.5, 0.6) is 5.75 Å². The van der Waals surface area contributed by atoms with Gasteiger partial charge in [0.2, 0.25) is 0 Å². The predicted octanol–water partition coefficient (Wildman–Crippen LogP) is 7.24. The summed E-state index contributed by atoms with van der Waals surface area (Å²) >= 11 is 6.16. The Hall–Kier alpha value is -3.24. The van der Waals surface area contributed by atoms with Crippen molar-refractivity contribution in [1.82, 2.24) is 0 Å². The van der Waals surface area contributed by atoms with E-state index < -0.39 is 0 Å². The lowest BCUT2D eigenvalue weighted by atomic mass is 9.73. The molecule has 5 heteroatoms. The quantitative estimate of drug-likeness (QED) is 0.434. The van der Waals surface area contributed by atoms with Crippen LogP contribution in [0.2, 0.25) is 5.02 Å². The van der Waals surface area contributed by atoms with Gasteiger partial charge in [-0.3, -0.25) is 4.79 Å². The minimum absolute atomic E-state index is 0.0823. The number of methoxy groups -OCH3 is 1. The standard InChI is InChI=1S/C28H27ClN2O2/c1-28(2)15-24-26(25(32)16-28)27(18-4-9-20(29)10-5-18)31-23-14-19(8-13-22(23)30-24)17-6-11-21(33-3)12-7-17/h4-14,27,30-31H,15-16H2,1-3H3. The van der Waals surface area contributed by atoms with E-state index in [0.29, 0.717) is 11.4 Å². The smallest absolute Gasteiger partial charge is 0.163 e. The number of ketones is 1. The average Bonchev–Trinajstić information content (AvgIpc) is 2.95. The molecule has 0 radical (unpaired) electrons. The average molecular weight is 459 g/mol. The lowest BCUT2D eigenvalue weighted by Crippen LogP contribution is -2.31. The number of hydrogen-bond acceptors (Lipinski definition) is 4. The molecule has 0 spiro atoms. The number of anilines is 2. The first-order valence-corrected chi connectivity index (χ1v) is 11.5. The topological polar surface area (TPSA) is 50.4 Å². The fraction of sp³-hybridized carbons (Fsp3) is 0.250. The molecule has 1 heterocycles. The summed E-state index contributed by atoms with van der Waals surface area (Å²) in [6, 6.07) is 21.9. The predicted molar refractivity (Wildman–Crippen MR) is 135 cm³/mol. The Labute approximate surface area is 199 Å².